The van der Waals surface area contributed by atoms with E-state index >= 15 is 0 Å². The van der Waals surface area contributed by atoms with Gasteiger partial charge in [-0.05, 0) is 55.3 Å². The first-order chi connectivity index (χ1) is 13.0. The monoisotopic (exact) mass is 402 g/mol. The van der Waals surface area contributed by atoms with Crippen molar-refractivity contribution in [1.29, 1.82) is 0 Å². The van der Waals surface area contributed by atoms with Crippen molar-refractivity contribution < 1.29 is 9.53 Å². The van der Waals surface area contributed by atoms with Crippen molar-refractivity contribution in [2.24, 2.45) is 0 Å². The molecule has 0 saturated carbocycles. The van der Waals surface area contributed by atoms with Crippen LogP contribution in [0.1, 0.15) is 17.0 Å². The largest absolute Gasteiger partial charge is 0.486 e. The lowest BCUT2D eigenvalue weighted by atomic mass is 10.1. The minimum absolute atomic E-state index is 0.0996. The summed E-state index contributed by atoms with van der Waals surface area (Å²) in [5.41, 5.74) is 2.95. The molecule has 0 aliphatic rings. The van der Waals surface area contributed by atoms with Crippen LogP contribution < -0.4 is 10.1 Å². The molecule has 0 unspecified atom stereocenters. The highest BCUT2D eigenvalue weighted by molar-refractivity contribution is 7.99. The van der Waals surface area contributed by atoms with E-state index in [0.717, 1.165) is 16.8 Å². The topological polar surface area (TPSA) is 79.9 Å². The van der Waals surface area contributed by atoms with E-state index in [-0.39, 0.29) is 18.3 Å². The van der Waals surface area contributed by atoms with Gasteiger partial charge in [-0.2, -0.15) is 0 Å². The molecular formula is C19H19ClN4O2S. The molecule has 0 fully saturated rings. The Labute approximate surface area is 166 Å². The number of H-pyrrole nitrogens is 1. The number of aryl methyl sites for hydroxylation is 2. The van der Waals surface area contributed by atoms with Gasteiger partial charge in [0.2, 0.25) is 11.1 Å². The van der Waals surface area contributed by atoms with Gasteiger partial charge in [0.15, 0.2) is 5.82 Å². The number of thioether (sulfide) groups is 1. The zero-order chi connectivity index (χ0) is 19.2. The highest BCUT2D eigenvalue weighted by Crippen LogP contribution is 2.19. The quantitative estimate of drug-likeness (QED) is 0.573. The van der Waals surface area contributed by atoms with Gasteiger partial charge in [-0.3, -0.25) is 9.89 Å². The number of amides is 1. The third kappa shape index (κ3) is 5.74. The molecule has 3 aromatic rings. The predicted molar refractivity (Wildman–Crippen MR) is 107 cm³/mol. The number of hydrogen-bond donors (Lipinski definition) is 2. The zero-order valence-electron chi connectivity index (χ0n) is 15.0. The number of aromatic amines is 1. The Hall–Kier alpha value is -2.51. The van der Waals surface area contributed by atoms with Crippen LogP contribution in [0.5, 0.6) is 5.75 Å². The molecular weight excluding hydrogens is 384 g/mol. The lowest BCUT2D eigenvalue weighted by molar-refractivity contribution is -0.113. The number of hydrogen-bond acceptors (Lipinski definition) is 5. The summed E-state index contributed by atoms with van der Waals surface area (Å²) < 4.78 is 5.61. The molecule has 27 heavy (non-hydrogen) atoms. The Morgan fingerprint density at radius 3 is 2.78 bits per heavy atom. The maximum atomic E-state index is 12.2. The van der Waals surface area contributed by atoms with E-state index in [9.17, 15) is 4.79 Å². The highest BCUT2D eigenvalue weighted by Gasteiger charge is 2.10. The van der Waals surface area contributed by atoms with Crippen molar-refractivity contribution in [3.8, 4) is 5.75 Å². The lowest BCUT2D eigenvalue weighted by Crippen LogP contribution is -2.15. The maximum Gasteiger partial charge on any atom is 0.234 e. The van der Waals surface area contributed by atoms with Gasteiger partial charge in [0.05, 0.1) is 5.75 Å². The van der Waals surface area contributed by atoms with Gasteiger partial charge >= 0.3 is 0 Å². The number of halogens is 1. The second-order valence-corrected chi connectivity index (χ2v) is 7.34. The van der Waals surface area contributed by atoms with Gasteiger partial charge < -0.3 is 10.1 Å². The van der Waals surface area contributed by atoms with Gasteiger partial charge in [0.1, 0.15) is 12.4 Å². The van der Waals surface area contributed by atoms with Crippen LogP contribution in [-0.4, -0.2) is 26.8 Å². The normalized spacial score (nSPS) is 10.6. The molecule has 2 N–H and O–H groups in total. The Morgan fingerprint density at radius 2 is 2.00 bits per heavy atom. The number of benzene rings is 2. The summed E-state index contributed by atoms with van der Waals surface area (Å²) in [6, 6.07) is 13.0. The molecule has 6 nitrogen and oxygen atoms in total. The first-order valence-corrected chi connectivity index (χ1v) is 9.65. The number of aromatic nitrogens is 3. The number of carbonyl (C=O) groups is 1. The standard InChI is InChI=1S/C19H19ClN4O2S/c1-12-3-4-13(2)16(9-12)21-18(25)11-27-19-22-17(23-24-19)10-26-15-7-5-14(20)6-8-15/h3-9H,10-11H2,1-2H3,(H,21,25)(H,22,23,24). The molecule has 1 heterocycles. The molecule has 0 radical (unpaired) electrons. The van der Waals surface area contributed by atoms with E-state index in [1.807, 2.05) is 32.0 Å². The summed E-state index contributed by atoms with van der Waals surface area (Å²) in [7, 11) is 0. The van der Waals surface area contributed by atoms with Crippen LogP contribution >= 0.6 is 23.4 Å². The van der Waals surface area contributed by atoms with Crippen molar-refractivity contribution in [3.05, 3.63) is 64.4 Å². The Kier molecular flexibility index (Phi) is 6.36. The number of ether oxygens (including phenoxy) is 1. The third-order valence-electron chi connectivity index (χ3n) is 3.70. The van der Waals surface area contributed by atoms with Gasteiger partial charge in [-0.25, -0.2) is 4.98 Å². The molecule has 2 aromatic carbocycles. The van der Waals surface area contributed by atoms with Crippen molar-refractivity contribution in [1.82, 2.24) is 15.2 Å². The maximum absolute atomic E-state index is 12.2. The fourth-order valence-electron chi connectivity index (χ4n) is 2.28. The van der Waals surface area contributed by atoms with Crippen molar-refractivity contribution in [2.45, 2.75) is 25.6 Å². The zero-order valence-corrected chi connectivity index (χ0v) is 16.5. The number of nitrogens with one attached hydrogen (secondary N) is 2. The van der Waals surface area contributed by atoms with Gasteiger partial charge in [-0.1, -0.05) is 35.5 Å². The summed E-state index contributed by atoms with van der Waals surface area (Å²) in [5, 5.41) is 11.0. The number of anilines is 1. The molecule has 0 atom stereocenters. The summed E-state index contributed by atoms with van der Waals surface area (Å²) >= 11 is 7.10. The molecule has 1 aromatic heterocycles. The van der Waals surface area contributed by atoms with Gasteiger partial charge in [0, 0.05) is 10.7 Å². The molecule has 0 bridgehead atoms. The molecule has 0 aliphatic heterocycles. The summed E-state index contributed by atoms with van der Waals surface area (Å²) in [6.45, 7) is 4.21. The summed E-state index contributed by atoms with van der Waals surface area (Å²) in [6.07, 6.45) is 0. The average molecular weight is 403 g/mol. The first kappa shape index (κ1) is 19.3. The lowest BCUT2D eigenvalue weighted by Gasteiger charge is -2.08. The number of nitrogens with zero attached hydrogens (tertiary/aromatic N) is 2. The van der Waals surface area contributed by atoms with E-state index < -0.39 is 0 Å². The molecule has 0 aliphatic carbocycles. The Balaban J connectivity index is 1.48. The molecule has 0 spiro atoms. The Bertz CT molecular complexity index is 928. The van der Waals surface area contributed by atoms with E-state index in [0.29, 0.717) is 21.8 Å². The number of rotatable bonds is 7. The van der Waals surface area contributed by atoms with E-state index in [1.165, 1.54) is 11.8 Å². The summed E-state index contributed by atoms with van der Waals surface area (Å²) in [5.74, 6) is 1.40. The molecule has 3 rings (SSSR count). The second kappa shape index (κ2) is 8.92. The molecule has 0 saturated heterocycles. The molecule has 1 amide bonds. The van der Waals surface area contributed by atoms with Gasteiger partial charge in [-0.15, -0.1) is 5.10 Å². The SMILES string of the molecule is Cc1ccc(C)c(NC(=O)CSc2n[nH]c(COc3ccc(Cl)cc3)n2)c1. The average Bonchev–Trinajstić information content (AvgIpc) is 3.10. The number of carbonyl (C=O) groups excluding carboxylic acids is 1. The molecule has 140 valence electrons. The summed E-state index contributed by atoms with van der Waals surface area (Å²) in [4.78, 5) is 16.5. The van der Waals surface area contributed by atoms with E-state index in [1.54, 1.807) is 24.3 Å². The third-order valence-corrected chi connectivity index (χ3v) is 4.80. The fourth-order valence-corrected chi connectivity index (χ4v) is 3.02. The van der Waals surface area contributed by atoms with Crippen LogP contribution in [0.3, 0.4) is 0 Å². The van der Waals surface area contributed by atoms with Crippen LogP contribution in [0.2, 0.25) is 5.02 Å². The smallest absolute Gasteiger partial charge is 0.234 e. The van der Waals surface area contributed by atoms with E-state index in [2.05, 4.69) is 20.5 Å². The predicted octanol–water partition coefficient (Wildman–Crippen LogP) is 4.38. The van der Waals surface area contributed by atoms with Crippen molar-refractivity contribution in [3.63, 3.8) is 0 Å². The van der Waals surface area contributed by atoms with Gasteiger partial charge in [0.25, 0.3) is 0 Å². The minimum Gasteiger partial charge on any atom is -0.486 e. The van der Waals surface area contributed by atoms with Crippen LogP contribution in [0.25, 0.3) is 0 Å². The Morgan fingerprint density at radius 1 is 1.22 bits per heavy atom. The second-order valence-electron chi connectivity index (χ2n) is 5.96. The van der Waals surface area contributed by atoms with Crippen molar-refractivity contribution >= 4 is 35.0 Å². The van der Waals surface area contributed by atoms with Crippen molar-refractivity contribution in [2.75, 3.05) is 11.1 Å². The molecule has 8 heteroatoms. The van der Waals surface area contributed by atoms with Crippen LogP contribution in [-0.2, 0) is 11.4 Å². The first-order valence-electron chi connectivity index (χ1n) is 8.29. The van der Waals surface area contributed by atoms with E-state index in [4.69, 9.17) is 16.3 Å². The van der Waals surface area contributed by atoms with Crippen LogP contribution in [0.15, 0.2) is 47.6 Å². The minimum atomic E-state index is -0.0996. The van der Waals surface area contributed by atoms with Crippen LogP contribution in [0.4, 0.5) is 5.69 Å². The highest BCUT2D eigenvalue weighted by atomic mass is 35.5. The fraction of sp³-hybridized carbons (Fsp3) is 0.211. The van der Waals surface area contributed by atoms with Crippen LogP contribution in [0, 0.1) is 13.8 Å².